The first-order valence-electron chi connectivity index (χ1n) is 11.9. The zero-order chi connectivity index (χ0) is 29.6. The van der Waals surface area contributed by atoms with Gasteiger partial charge in [0.15, 0.2) is 6.10 Å². The number of hydrogen-bond donors (Lipinski definition) is 4. The summed E-state index contributed by atoms with van der Waals surface area (Å²) in [4.78, 5) is 41.4. The van der Waals surface area contributed by atoms with Gasteiger partial charge in [0.1, 0.15) is 23.3 Å². The van der Waals surface area contributed by atoms with Crippen LogP contribution in [0.3, 0.4) is 0 Å². The van der Waals surface area contributed by atoms with Gasteiger partial charge in [-0.25, -0.2) is 14.5 Å². The number of thiazole rings is 1. The van der Waals surface area contributed by atoms with E-state index in [4.69, 9.17) is 9.47 Å². The first kappa shape index (κ1) is 28.6. The number of carbonyl (C=O) groups excluding carboxylic acids is 1. The van der Waals surface area contributed by atoms with Crippen molar-refractivity contribution in [2.24, 2.45) is 0 Å². The molecule has 0 aliphatic carbocycles. The number of aliphatic hydroxyl groups is 3. The number of nitrogens with zero attached hydrogens (tertiary/aromatic N) is 3. The van der Waals surface area contributed by atoms with Crippen molar-refractivity contribution in [1.29, 1.82) is 0 Å². The molecule has 2 aromatic heterocycles. The maximum absolute atomic E-state index is 13.2. The number of fused-ring (bicyclic) bond motifs is 2. The first-order valence-corrected chi connectivity index (χ1v) is 12.7. The van der Waals surface area contributed by atoms with Gasteiger partial charge >= 0.3 is 18.1 Å². The van der Waals surface area contributed by atoms with E-state index in [-0.39, 0.29) is 33.5 Å². The van der Waals surface area contributed by atoms with Crippen molar-refractivity contribution in [3.8, 4) is 0 Å². The zero-order valence-corrected chi connectivity index (χ0v) is 21.4. The van der Waals surface area contributed by atoms with Crippen molar-refractivity contribution >= 4 is 44.3 Å². The van der Waals surface area contributed by atoms with Gasteiger partial charge in [-0.3, -0.25) is 9.59 Å². The topological polar surface area (TPSA) is 181 Å². The van der Waals surface area contributed by atoms with Gasteiger partial charge in [0, 0.05) is 5.39 Å². The lowest BCUT2D eigenvalue weighted by Gasteiger charge is -2.37. The average Bonchev–Trinajstić information content (AvgIpc) is 3.32. The summed E-state index contributed by atoms with van der Waals surface area (Å²) in [6.45, 7) is -0.221. The monoisotopic (exact) mass is 595 g/mol. The van der Waals surface area contributed by atoms with Gasteiger partial charge < -0.3 is 29.9 Å². The molecule has 3 heterocycles. The number of carbonyl (C=O) groups is 2. The predicted octanol–water partition coefficient (Wildman–Crippen LogP) is 1.05. The largest absolute Gasteiger partial charge is 0.479 e. The molecule has 0 spiro atoms. The number of carboxylic acid groups (broad SMARTS) is 1. The van der Waals surface area contributed by atoms with Gasteiger partial charge in [0.05, 0.1) is 39.8 Å². The maximum Gasteiger partial charge on any atom is 0.416 e. The van der Waals surface area contributed by atoms with Crippen LogP contribution < -0.4 is 5.56 Å². The highest BCUT2D eigenvalue weighted by atomic mass is 32.1. The predicted molar refractivity (Wildman–Crippen MR) is 134 cm³/mol. The van der Waals surface area contributed by atoms with Crippen molar-refractivity contribution in [1.82, 2.24) is 14.8 Å². The molecule has 1 aliphatic heterocycles. The molecule has 12 nitrogen and oxygen atoms in total. The average molecular weight is 596 g/mol. The Morgan fingerprint density at radius 3 is 2.44 bits per heavy atom. The van der Waals surface area contributed by atoms with Gasteiger partial charge in [-0.1, -0.05) is 18.2 Å². The highest BCUT2D eigenvalue weighted by Crippen LogP contribution is 2.33. The van der Waals surface area contributed by atoms with E-state index < -0.39 is 66.4 Å². The third kappa shape index (κ3) is 5.64. The summed E-state index contributed by atoms with van der Waals surface area (Å²) in [5.74, 6) is -2.72. The van der Waals surface area contributed by atoms with E-state index in [1.807, 2.05) is 0 Å². The van der Waals surface area contributed by atoms with Gasteiger partial charge in [-0.2, -0.15) is 18.3 Å². The lowest BCUT2D eigenvalue weighted by molar-refractivity contribution is -0.286. The fourth-order valence-corrected chi connectivity index (χ4v) is 5.28. The summed E-state index contributed by atoms with van der Waals surface area (Å²) in [7, 11) is 0. The summed E-state index contributed by atoms with van der Waals surface area (Å²) in [6.07, 6.45) is -15.0. The number of halogens is 3. The number of carboxylic acids is 1. The Kier molecular flexibility index (Phi) is 7.52. The molecule has 5 rings (SSSR count). The third-order valence-corrected chi connectivity index (χ3v) is 7.38. The Morgan fingerprint density at radius 1 is 1.05 bits per heavy atom. The van der Waals surface area contributed by atoms with E-state index in [1.54, 1.807) is 12.1 Å². The molecule has 1 fully saturated rings. The van der Waals surface area contributed by atoms with Crippen LogP contribution in [0, 0.1) is 0 Å². The van der Waals surface area contributed by atoms with Gasteiger partial charge in [0.2, 0.25) is 6.29 Å². The second-order valence-electron chi connectivity index (χ2n) is 9.14. The normalized spacial score (nSPS) is 23.1. The molecular formula is C25H20F3N3O9S. The van der Waals surface area contributed by atoms with E-state index >= 15 is 0 Å². The van der Waals surface area contributed by atoms with E-state index in [1.165, 1.54) is 18.2 Å². The van der Waals surface area contributed by atoms with Gasteiger partial charge in [0.25, 0.3) is 5.56 Å². The highest BCUT2D eigenvalue weighted by molar-refractivity contribution is 7.18. The molecule has 5 atom stereocenters. The molecule has 0 bridgehead atoms. The van der Waals surface area contributed by atoms with E-state index in [0.29, 0.717) is 4.70 Å². The smallest absolute Gasteiger partial charge is 0.416 e. The minimum absolute atomic E-state index is 0.0475. The van der Waals surface area contributed by atoms with Crippen LogP contribution in [0.4, 0.5) is 13.2 Å². The summed E-state index contributed by atoms with van der Waals surface area (Å²) >= 11 is 1.07. The Bertz CT molecular complexity index is 1710. The number of aliphatic hydroxyl groups excluding tert-OH is 3. The number of benzene rings is 2. The van der Waals surface area contributed by atoms with Gasteiger partial charge in [-0.15, -0.1) is 11.3 Å². The van der Waals surface area contributed by atoms with Crippen molar-refractivity contribution < 1.29 is 52.7 Å². The Hall–Kier alpha value is -3.96. The fourth-order valence-electron chi connectivity index (χ4n) is 4.35. The molecule has 16 heteroatoms. The van der Waals surface area contributed by atoms with Crippen LogP contribution in [0.15, 0.2) is 47.3 Å². The Balaban J connectivity index is 1.42. The second-order valence-corrected chi connectivity index (χ2v) is 10.3. The minimum Gasteiger partial charge on any atom is -0.479 e. The third-order valence-electron chi connectivity index (χ3n) is 6.36. The second kappa shape index (κ2) is 10.8. The van der Waals surface area contributed by atoms with E-state index in [0.717, 1.165) is 28.2 Å². The lowest BCUT2D eigenvalue weighted by Crippen LogP contribution is -2.60. The molecule has 41 heavy (non-hydrogen) atoms. The zero-order valence-electron chi connectivity index (χ0n) is 20.6. The molecule has 216 valence electrons. The number of aromatic nitrogens is 3. The number of esters is 1. The van der Waals surface area contributed by atoms with Crippen LogP contribution in [0.5, 0.6) is 0 Å². The van der Waals surface area contributed by atoms with Crippen LogP contribution >= 0.6 is 11.3 Å². The standard InChI is InChI=1S/C25H20F3N3O9S/c26-25(27,28)10-5-6-15-14(7-10)29-16(41-15)9-31-22(36)12-4-2-1-3-11(12)13(30-31)8-17(32)39-24-20(35)18(33)19(34)21(40-24)23(37)38/h1-7,18-21,24,33-35H,8-9H2,(H,37,38)/t18-,19-,20+,21-,24+/m0/s1. The Morgan fingerprint density at radius 2 is 1.76 bits per heavy atom. The van der Waals surface area contributed by atoms with Crippen LogP contribution in [-0.2, 0) is 38.2 Å². The Labute approximate surface area is 230 Å². The molecular weight excluding hydrogens is 575 g/mol. The molecule has 2 aromatic carbocycles. The fraction of sp³-hybridized carbons (Fsp3) is 0.320. The van der Waals surface area contributed by atoms with Crippen LogP contribution in [0.25, 0.3) is 21.0 Å². The van der Waals surface area contributed by atoms with Crippen molar-refractivity contribution in [2.75, 3.05) is 0 Å². The van der Waals surface area contributed by atoms with Crippen molar-refractivity contribution in [2.45, 2.75) is 49.8 Å². The first-order chi connectivity index (χ1) is 19.3. The molecule has 0 saturated carbocycles. The SMILES string of the molecule is O=C(Cc1nn(Cc2nc3cc(C(F)(F)F)ccc3s2)c(=O)c2ccccc12)O[C@@H]1O[C@H](C(=O)O)[C@@H](O)[C@H](O)[C@H]1O. The van der Waals surface area contributed by atoms with Crippen LogP contribution in [-0.4, -0.2) is 77.8 Å². The minimum atomic E-state index is -4.55. The van der Waals surface area contributed by atoms with Crippen molar-refractivity contribution in [3.63, 3.8) is 0 Å². The molecule has 1 aliphatic rings. The van der Waals surface area contributed by atoms with E-state index in [2.05, 4.69) is 10.1 Å². The number of rotatable bonds is 6. The summed E-state index contributed by atoms with van der Waals surface area (Å²) in [5, 5.41) is 44.0. The number of aliphatic carboxylic acids is 1. The summed E-state index contributed by atoms with van der Waals surface area (Å²) < 4.78 is 50.7. The van der Waals surface area contributed by atoms with Crippen LogP contribution in [0.2, 0.25) is 0 Å². The number of hydrogen-bond acceptors (Lipinski definition) is 11. The quantitative estimate of drug-likeness (QED) is 0.234. The van der Waals surface area contributed by atoms with Gasteiger partial charge in [-0.05, 0) is 24.3 Å². The van der Waals surface area contributed by atoms with Crippen LogP contribution in [0.1, 0.15) is 16.3 Å². The van der Waals surface area contributed by atoms with E-state index in [9.17, 15) is 48.0 Å². The number of alkyl halides is 3. The lowest BCUT2D eigenvalue weighted by atomic mass is 9.99. The van der Waals surface area contributed by atoms with Crippen molar-refractivity contribution in [3.05, 3.63) is 69.1 Å². The maximum atomic E-state index is 13.2. The number of ether oxygens (including phenoxy) is 2. The molecule has 4 aromatic rings. The summed E-state index contributed by atoms with van der Waals surface area (Å²) in [6, 6.07) is 9.31. The molecule has 1 saturated heterocycles. The molecule has 0 unspecified atom stereocenters. The molecule has 0 radical (unpaired) electrons. The molecule has 0 amide bonds. The highest BCUT2D eigenvalue weighted by Gasteiger charge is 2.48. The molecule has 4 N–H and O–H groups in total. The summed E-state index contributed by atoms with van der Waals surface area (Å²) in [5.41, 5.74) is -1.28.